The number of aromatic nitrogens is 4. The molecule has 1 saturated heterocycles. The highest BCUT2D eigenvalue weighted by Crippen LogP contribution is 2.47. The number of anilines is 1. The van der Waals surface area contributed by atoms with E-state index < -0.39 is 0 Å². The standard InChI is InChI=1S/C27H24N6/c28-13-19-3-5-20(6-4-19)21-12-25-26-30-29-18-33(26)24-8-7-23(11-22(24)15-31(25)14-21)32-16-27(17-32)9-1-2-10-27/h3-8,11-12,14,18H,1-2,9-10,15-17H2. The fraction of sp³-hybridized carbons (Fsp3) is 0.296. The van der Waals surface area contributed by atoms with Gasteiger partial charge in [-0.3, -0.25) is 4.57 Å². The Hall–Kier alpha value is -3.85. The lowest BCUT2D eigenvalue weighted by Gasteiger charge is -2.50. The van der Waals surface area contributed by atoms with Crippen LogP contribution in [0, 0.1) is 16.7 Å². The normalized spacial score (nSPS) is 17.6. The molecule has 6 heteroatoms. The van der Waals surface area contributed by atoms with Gasteiger partial charge in [0.05, 0.1) is 23.0 Å². The van der Waals surface area contributed by atoms with Gasteiger partial charge in [-0.25, -0.2) is 0 Å². The number of fused-ring (bicyclic) bond motifs is 5. The molecule has 0 unspecified atom stereocenters. The molecular weight excluding hydrogens is 408 g/mol. The summed E-state index contributed by atoms with van der Waals surface area (Å²) in [5, 5.41) is 17.8. The van der Waals surface area contributed by atoms with Gasteiger partial charge in [-0.05, 0) is 60.4 Å². The smallest absolute Gasteiger partial charge is 0.185 e. The van der Waals surface area contributed by atoms with Crippen molar-refractivity contribution in [2.24, 2.45) is 5.41 Å². The highest BCUT2D eigenvalue weighted by molar-refractivity contribution is 5.72. The predicted octanol–water partition coefficient (Wildman–Crippen LogP) is 5.02. The van der Waals surface area contributed by atoms with Crippen molar-refractivity contribution in [2.45, 2.75) is 32.2 Å². The van der Waals surface area contributed by atoms with Crippen LogP contribution in [0.3, 0.4) is 0 Å². The van der Waals surface area contributed by atoms with E-state index in [4.69, 9.17) is 5.26 Å². The number of hydrogen-bond acceptors (Lipinski definition) is 4. The summed E-state index contributed by atoms with van der Waals surface area (Å²) in [6, 6.07) is 19.0. The molecule has 0 radical (unpaired) electrons. The molecule has 2 fully saturated rings. The molecule has 7 rings (SSSR count). The second-order valence-electron chi connectivity index (χ2n) is 9.83. The lowest BCUT2D eigenvalue weighted by Crippen LogP contribution is -2.55. The summed E-state index contributed by atoms with van der Waals surface area (Å²) >= 11 is 0. The second-order valence-corrected chi connectivity index (χ2v) is 9.83. The minimum atomic E-state index is 0.581. The Kier molecular flexibility index (Phi) is 3.87. The van der Waals surface area contributed by atoms with E-state index >= 15 is 0 Å². The van der Waals surface area contributed by atoms with E-state index in [1.54, 1.807) is 0 Å². The van der Waals surface area contributed by atoms with Crippen molar-refractivity contribution in [3.05, 3.63) is 72.2 Å². The van der Waals surface area contributed by atoms with Crippen molar-refractivity contribution in [2.75, 3.05) is 18.0 Å². The Morgan fingerprint density at radius 3 is 2.55 bits per heavy atom. The van der Waals surface area contributed by atoms with Crippen LogP contribution >= 0.6 is 0 Å². The summed E-state index contributed by atoms with van der Waals surface area (Å²) < 4.78 is 4.38. The van der Waals surface area contributed by atoms with Crippen LogP contribution < -0.4 is 4.90 Å². The summed E-state index contributed by atoms with van der Waals surface area (Å²) in [4.78, 5) is 2.54. The van der Waals surface area contributed by atoms with Gasteiger partial charge in [0, 0.05) is 42.5 Å². The van der Waals surface area contributed by atoms with Crippen molar-refractivity contribution in [1.29, 1.82) is 5.26 Å². The molecule has 4 aromatic rings. The minimum absolute atomic E-state index is 0.581. The SMILES string of the molecule is N#Cc1ccc(-c2cc3n(c2)Cc2cc(N4CC5(CCCC5)C4)ccc2-n2cnnc2-3)cc1. The second kappa shape index (κ2) is 6.82. The largest absolute Gasteiger partial charge is 0.370 e. The highest BCUT2D eigenvalue weighted by atomic mass is 15.3. The number of rotatable bonds is 2. The van der Waals surface area contributed by atoms with Gasteiger partial charge in [0.25, 0.3) is 0 Å². The maximum Gasteiger partial charge on any atom is 0.185 e. The van der Waals surface area contributed by atoms with Crippen LogP contribution in [0.25, 0.3) is 28.3 Å². The van der Waals surface area contributed by atoms with Gasteiger partial charge >= 0.3 is 0 Å². The number of hydrogen-bond donors (Lipinski definition) is 0. The van der Waals surface area contributed by atoms with Gasteiger partial charge in [0.2, 0.25) is 0 Å². The van der Waals surface area contributed by atoms with Crippen molar-refractivity contribution in [1.82, 2.24) is 19.3 Å². The first-order valence-electron chi connectivity index (χ1n) is 11.7. The number of benzene rings is 2. The Labute approximate surface area is 192 Å². The third-order valence-corrected chi connectivity index (χ3v) is 7.77. The van der Waals surface area contributed by atoms with Crippen LogP contribution in [0.15, 0.2) is 61.1 Å². The highest BCUT2D eigenvalue weighted by Gasteiger charge is 2.44. The monoisotopic (exact) mass is 432 g/mol. The van der Waals surface area contributed by atoms with Crippen molar-refractivity contribution >= 4 is 5.69 Å². The van der Waals surface area contributed by atoms with Crippen LogP contribution in [0.5, 0.6) is 0 Å². The number of nitriles is 1. The molecule has 1 aliphatic carbocycles. The van der Waals surface area contributed by atoms with E-state index in [2.05, 4.69) is 60.8 Å². The molecule has 2 aromatic carbocycles. The first-order chi connectivity index (χ1) is 16.2. The Morgan fingerprint density at radius 1 is 0.939 bits per heavy atom. The van der Waals surface area contributed by atoms with Crippen LogP contribution in [-0.2, 0) is 6.54 Å². The van der Waals surface area contributed by atoms with E-state index in [1.165, 1.54) is 50.0 Å². The van der Waals surface area contributed by atoms with E-state index in [-0.39, 0.29) is 0 Å². The number of nitrogens with zero attached hydrogens (tertiary/aromatic N) is 6. The van der Waals surface area contributed by atoms with Crippen LogP contribution in [0.1, 0.15) is 36.8 Å². The molecule has 0 N–H and O–H groups in total. The predicted molar refractivity (Wildman–Crippen MR) is 127 cm³/mol. The molecule has 3 aliphatic rings. The molecule has 33 heavy (non-hydrogen) atoms. The van der Waals surface area contributed by atoms with Crippen molar-refractivity contribution in [3.8, 4) is 34.4 Å². The molecule has 2 aromatic heterocycles. The summed E-state index contributed by atoms with van der Waals surface area (Å²) in [6.07, 6.45) is 9.58. The lowest BCUT2D eigenvalue weighted by atomic mass is 9.78. The zero-order valence-electron chi connectivity index (χ0n) is 18.4. The maximum atomic E-state index is 9.11. The minimum Gasteiger partial charge on any atom is -0.370 e. The Balaban J connectivity index is 1.27. The van der Waals surface area contributed by atoms with E-state index in [0.717, 1.165) is 34.9 Å². The maximum absolute atomic E-state index is 9.11. The molecule has 0 bridgehead atoms. The average molecular weight is 433 g/mol. The molecule has 1 spiro atoms. The topological polar surface area (TPSA) is 62.7 Å². The third-order valence-electron chi connectivity index (χ3n) is 7.77. The van der Waals surface area contributed by atoms with Gasteiger partial charge in [0.15, 0.2) is 5.82 Å². The summed E-state index contributed by atoms with van der Waals surface area (Å²) in [7, 11) is 0. The van der Waals surface area contributed by atoms with Crippen molar-refractivity contribution in [3.63, 3.8) is 0 Å². The summed E-state index contributed by atoms with van der Waals surface area (Å²) in [6.45, 7) is 3.18. The molecule has 4 heterocycles. The third kappa shape index (κ3) is 2.85. The Bertz CT molecular complexity index is 1400. The van der Waals surface area contributed by atoms with Crippen LogP contribution in [0.2, 0.25) is 0 Å². The lowest BCUT2D eigenvalue weighted by molar-refractivity contribution is 0.222. The van der Waals surface area contributed by atoms with Crippen LogP contribution in [-0.4, -0.2) is 32.4 Å². The zero-order chi connectivity index (χ0) is 22.0. The van der Waals surface area contributed by atoms with Crippen molar-refractivity contribution < 1.29 is 0 Å². The molecular formula is C27H24N6. The van der Waals surface area contributed by atoms with Gasteiger partial charge in [-0.15, -0.1) is 10.2 Å². The van der Waals surface area contributed by atoms with E-state index in [0.29, 0.717) is 11.0 Å². The first-order valence-corrected chi connectivity index (χ1v) is 11.7. The summed E-state index contributed by atoms with van der Waals surface area (Å²) in [5.74, 6) is 0.857. The fourth-order valence-corrected chi connectivity index (χ4v) is 6.01. The Morgan fingerprint density at radius 2 is 1.76 bits per heavy atom. The van der Waals surface area contributed by atoms with Gasteiger partial charge < -0.3 is 9.47 Å². The molecule has 0 atom stereocenters. The molecule has 0 amide bonds. The van der Waals surface area contributed by atoms with Gasteiger partial charge in [-0.2, -0.15) is 5.26 Å². The van der Waals surface area contributed by atoms with Crippen LogP contribution in [0.4, 0.5) is 5.69 Å². The van der Waals surface area contributed by atoms with Gasteiger partial charge in [-0.1, -0.05) is 25.0 Å². The zero-order valence-corrected chi connectivity index (χ0v) is 18.4. The average Bonchev–Trinajstić information content (AvgIpc) is 3.57. The molecule has 6 nitrogen and oxygen atoms in total. The van der Waals surface area contributed by atoms with E-state index in [1.807, 2.05) is 30.6 Å². The molecule has 1 saturated carbocycles. The molecule has 162 valence electrons. The quantitative estimate of drug-likeness (QED) is 0.393. The fourth-order valence-electron chi connectivity index (χ4n) is 6.01. The van der Waals surface area contributed by atoms with E-state index in [9.17, 15) is 0 Å². The summed E-state index contributed by atoms with van der Waals surface area (Å²) in [5.41, 5.74) is 8.28. The van der Waals surface area contributed by atoms with Gasteiger partial charge in [0.1, 0.15) is 6.33 Å². The molecule has 2 aliphatic heterocycles. The first kappa shape index (κ1) is 18.7.